The van der Waals surface area contributed by atoms with E-state index in [-0.39, 0.29) is 5.91 Å². The highest BCUT2D eigenvalue weighted by atomic mass is 16.5. The summed E-state index contributed by atoms with van der Waals surface area (Å²) < 4.78 is 11.4. The van der Waals surface area contributed by atoms with E-state index in [9.17, 15) is 14.7 Å². The molecule has 1 saturated heterocycles. The topological polar surface area (TPSA) is 76.1 Å². The van der Waals surface area contributed by atoms with E-state index >= 15 is 0 Å². The molecule has 1 aromatic carbocycles. The first-order valence-corrected chi connectivity index (χ1v) is 8.51. The van der Waals surface area contributed by atoms with Gasteiger partial charge in [-0.05, 0) is 43.9 Å². The molecule has 1 heterocycles. The van der Waals surface area contributed by atoms with Gasteiger partial charge >= 0.3 is 5.97 Å². The molecule has 132 valence electrons. The van der Waals surface area contributed by atoms with Crippen LogP contribution in [-0.4, -0.2) is 47.7 Å². The summed E-state index contributed by atoms with van der Waals surface area (Å²) in [7, 11) is 0. The third kappa shape index (κ3) is 4.19. The van der Waals surface area contributed by atoms with Crippen LogP contribution in [0.3, 0.4) is 0 Å². The Labute approximate surface area is 142 Å². The summed E-state index contributed by atoms with van der Waals surface area (Å²) in [5, 5.41) is 9.25. The Hall–Kier alpha value is -2.24. The smallest absolute Gasteiger partial charge is 0.326 e. The lowest BCUT2D eigenvalue weighted by Gasteiger charge is -2.22. The summed E-state index contributed by atoms with van der Waals surface area (Å²) in [5.41, 5.74) is 0.429. The van der Waals surface area contributed by atoms with Crippen molar-refractivity contribution in [2.45, 2.75) is 45.6 Å². The minimum atomic E-state index is -0.953. The lowest BCUT2D eigenvalue weighted by molar-refractivity contribution is -0.141. The number of amides is 1. The SMILES string of the molecule is CCCOc1ccc(C(=O)N2CCC[C@@H]2C(=O)O)cc1OCCC. The zero-order valence-electron chi connectivity index (χ0n) is 14.3. The molecule has 6 heteroatoms. The van der Waals surface area contributed by atoms with Crippen LogP contribution in [0.4, 0.5) is 0 Å². The van der Waals surface area contributed by atoms with E-state index in [1.54, 1.807) is 18.2 Å². The van der Waals surface area contributed by atoms with Crippen LogP contribution in [0.5, 0.6) is 11.5 Å². The van der Waals surface area contributed by atoms with Crippen molar-refractivity contribution in [2.75, 3.05) is 19.8 Å². The van der Waals surface area contributed by atoms with Crippen LogP contribution < -0.4 is 9.47 Å². The maximum atomic E-state index is 12.7. The van der Waals surface area contributed by atoms with Crippen LogP contribution in [0.2, 0.25) is 0 Å². The van der Waals surface area contributed by atoms with Gasteiger partial charge in [0.1, 0.15) is 6.04 Å². The minimum absolute atomic E-state index is 0.275. The molecular weight excluding hydrogens is 310 g/mol. The van der Waals surface area contributed by atoms with Gasteiger partial charge in [0.25, 0.3) is 5.91 Å². The number of carbonyl (C=O) groups is 2. The number of hydrogen-bond donors (Lipinski definition) is 1. The van der Waals surface area contributed by atoms with Crippen molar-refractivity contribution in [3.63, 3.8) is 0 Å². The molecule has 1 aliphatic rings. The summed E-state index contributed by atoms with van der Waals surface area (Å²) in [6.45, 7) is 5.59. The highest BCUT2D eigenvalue weighted by Gasteiger charge is 2.34. The molecule has 2 rings (SSSR count). The Morgan fingerprint density at radius 2 is 1.83 bits per heavy atom. The monoisotopic (exact) mass is 335 g/mol. The van der Waals surface area contributed by atoms with Crippen LogP contribution in [0.25, 0.3) is 0 Å². The van der Waals surface area contributed by atoms with Crippen LogP contribution in [0.15, 0.2) is 18.2 Å². The third-order valence-electron chi connectivity index (χ3n) is 3.91. The average molecular weight is 335 g/mol. The van der Waals surface area contributed by atoms with Gasteiger partial charge in [0.15, 0.2) is 11.5 Å². The van der Waals surface area contributed by atoms with E-state index in [1.165, 1.54) is 4.90 Å². The molecule has 6 nitrogen and oxygen atoms in total. The third-order valence-corrected chi connectivity index (χ3v) is 3.91. The van der Waals surface area contributed by atoms with Gasteiger partial charge in [-0.2, -0.15) is 0 Å². The minimum Gasteiger partial charge on any atom is -0.490 e. The maximum Gasteiger partial charge on any atom is 0.326 e. The Balaban J connectivity index is 2.22. The van der Waals surface area contributed by atoms with Crippen molar-refractivity contribution in [1.29, 1.82) is 0 Å². The molecule has 0 aromatic heterocycles. The molecular formula is C18H25NO5. The van der Waals surface area contributed by atoms with Gasteiger partial charge < -0.3 is 19.5 Å². The van der Waals surface area contributed by atoms with E-state index in [0.29, 0.717) is 49.7 Å². The Kier molecular flexibility index (Phi) is 6.46. The summed E-state index contributed by atoms with van der Waals surface area (Å²) in [6.07, 6.45) is 2.93. The van der Waals surface area contributed by atoms with Crippen molar-refractivity contribution in [1.82, 2.24) is 4.90 Å². The quantitative estimate of drug-likeness (QED) is 0.790. The van der Waals surface area contributed by atoms with E-state index in [1.807, 2.05) is 13.8 Å². The fraction of sp³-hybridized carbons (Fsp3) is 0.556. The van der Waals surface area contributed by atoms with Crippen molar-refractivity contribution >= 4 is 11.9 Å². The molecule has 0 unspecified atom stereocenters. The Morgan fingerprint density at radius 1 is 1.17 bits per heavy atom. The van der Waals surface area contributed by atoms with Crippen LogP contribution in [0.1, 0.15) is 49.9 Å². The Bertz CT molecular complexity index is 587. The molecule has 1 amide bonds. The molecule has 1 aromatic rings. The predicted octanol–water partition coefficient (Wildman–Crippen LogP) is 2.95. The summed E-state index contributed by atoms with van der Waals surface area (Å²) in [6, 6.07) is 4.30. The highest BCUT2D eigenvalue weighted by molar-refractivity contribution is 5.97. The van der Waals surface area contributed by atoms with Gasteiger partial charge in [0, 0.05) is 12.1 Å². The number of carboxylic acids is 1. The van der Waals surface area contributed by atoms with Crippen molar-refractivity contribution in [2.24, 2.45) is 0 Å². The number of benzene rings is 1. The standard InChI is InChI=1S/C18H25NO5/c1-3-10-23-15-8-7-13(12-16(15)24-11-4-2)17(20)19-9-5-6-14(19)18(21)22/h7-8,12,14H,3-6,9-11H2,1-2H3,(H,21,22)/t14-/m1/s1. The predicted molar refractivity (Wildman–Crippen MR) is 89.7 cm³/mol. The fourth-order valence-corrected chi connectivity index (χ4v) is 2.73. The summed E-state index contributed by atoms with van der Waals surface area (Å²) in [4.78, 5) is 25.4. The molecule has 0 aliphatic carbocycles. The van der Waals surface area contributed by atoms with Gasteiger partial charge in [-0.3, -0.25) is 4.79 Å². The molecule has 1 aliphatic heterocycles. The van der Waals surface area contributed by atoms with Crippen LogP contribution in [0, 0.1) is 0 Å². The van der Waals surface area contributed by atoms with E-state index < -0.39 is 12.0 Å². The average Bonchev–Trinajstić information content (AvgIpc) is 3.07. The second-order valence-electron chi connectivity index (χ2n) is 5.85. The van der Waals surface area contributed by atoms with Crippen LogP contribution in [-0.2, 0) is 4.79 Å². The first-order chi connectivity index (χ1) is 11.6. The fourth-order valence-electron chi connectivity index (χ4n) is 2.73. The van der Waals surface area contributed by atoms with E-state index in [2.05, 4.69) is 0 Å². The number of rotatable bonds is 8. The molecule has 0 radical (unpaired) electrons. The second kappa shape index (κ2) is 8.57. The molecule has 0 saturated carbocycles. The largest absolute Gasteiger partial charge is 0.490 e. The molecule has 1 N–H and O–H groups in total. The Morgan fingerprint density at radius 3 is 2.46 bits per heavy atom. The first kappa shape index (κ1) is 18.1. The maximum absolute atomic E-state index is 12.7. The number of nitrogens with zero attached hydrogens (tertiary/aromatic N) is 1. The molecule has 0 bridgehead atoms. The highest BCUT2D eigenvalue weighted by Crippen LogP contribution is 2.30. The van der Waals surface area contributed by atoms with Gasteiger partial charge in [0.05, 0.1) is 13.2 Å². The second-order valence-corrected chi connectivity index (χ2v) is 5.85. The van der Waals surface area contributed by atoms with Crippen molar-refractivity contribution in [3.8, 4) is 11.5 Å². The van der Waals surface area contributed by atoms with Gasteiger partial charge in [-0.15, -0.1) is 0 Å². The summed E-state index contributed by atoms with van der Waals surface area (Å²) in [5.74, 6) is -0.0882. The number of hydrogen-bond acceptors (Lipinski definition) is 4. The molecule has 24 heavy (non-hydrogen) atoms. The zero-order chi connectivity index (χ0) is 17.5. The van der Waals surface area contributed by atoms with E-state index in [4.69, 9.17) is 9.47 Å². The zero-order valence-corrected chi connectivity index (χ0v) is 14.3. The normalized spacial score (nSPS) is 16.9. The number of likely N-dealkylation sites (tertiary alicyclic amines) is 1. The van der Waals surface area contributed by atoms with E-state index in [0.717, 1.165) is 12.8 Å². The molecule has 0 spiro atoms. The lowest BCUT2D eigenvalue weighted by atomic mass is 10.1. The van der Waals surface area contributed by atoms with Crippen LogP contribution >= 0.6 is 0 Å². The van der Waals surface area contributed by atoms with Crippen molar-refractivity contribution < 1.29 is 24.2 Å². The summed E-state index contributed by atoms with van der Waals surface area (Å²) >= 11 is 0. The molecule has 1 atom stereocenters. The number of carboxylic acid groups (broad SMARTS) is 1. The van der Waals surface area contributed by atoms with Gasteiger partial charge in [0.2, 0.25) is 0 Å². The lowest BCUT2D eigenvalue weighted by Crippen LogP contribution is -2.40. The number of ether oxygens (including phenoxy) is 2. The number of carbonyl (C=O) groups excluding carboxylic acids is 1. The van der Waals surface area contributed by atoms with Crippen molar-refractivity contribution in [3.05, 3.63) is 23.8 Å². The number of aliphatic carboxylic acids is 1. The van der Waals surface area contributed by atoms with Gasteiger partial charge in [-0.25, -0.2) is 4.79 Å². The molecule has 1 fully saturated rings. The van der Waals surface area contributed by atoms with Gasteiger partial charge in [-0.1, -0.05) is 13.8 Å². The first-order valence-electron chi connectivity index (χ1n) is 8.51.